The summed E-state index contributed by atoms with van der Waals surface area (Å²) < 4.78 is 27.7. The summed E-state index contributed by atoms with van der Waals surface area (Å²) in [6.07, 6.45) is 4.22. The highest BCUT2D eigenvalue weighted by Gasteiger charge is 2.41. The fourth-order valence-electron chi connectivity index (χ4n) is 3.85. The Morgan fingerprint density at radius 1 is 1.19 bits per heavy atom. The van der Waals surface area contributed by atoms with E-state index < -0.39 is 15.9 Å². The fourth-order valence-corrected chi connectivity index (χ4v) is 6.57. The van der Waals surface area contributed by atoms with Crippen LogP contribution < -0.4 is 10.0 Å². The summed E-state index contributed by atoms with van der Waals surface area (Å²) in [7, 11) is -3.76. The Balaban J connectivity index is 1.45. The summed E-state index contributed by atoms with van der Waals surface area (Å²) in [5.41, 5.74) is 0.209. The number of hydrogen-bond donors (Lipinski definition) is 2. The number of halogens is 2. The van der Waals surface area contributed by atoms with Crippen molar-refractivity contribution in [3.8, 4) is 0 Å². The summed E-state index contributed by atoms with van der Waals surface area (Å²) in [5.74, 6) is 0.512. The lowest BCUT2D eigenvalue weighted by Crippen LogP contribution is -2.38. The highest BCUT2D eigenvalue weighted by Crippen LogP contribution is 2.44. The van der Waals surface area contributed by atoms with Crippen molar-refractivity contribution >= 4 is 55.6 Å². The molecule has 3 unspecified atom stereocenters. The van der Waals surface area contributed by atoms with Crippen molar-refractivity contribution in [3.63, 3.8) is 0 Å². The molecule has 144 valence electrons. The molecule has 2 aliphatic carbocycles. The third kappa shape index (κ3) is 3.97. The Labute approximate surface area is 170 Å². The fraction of sp³-hybridized carbons (Fsp3) is 0.438. The van der Waals surface area contributed by atoms with Gasteiger partial charge in [0.1, 0.15) is 0 Å². The van der Waals surface area contributed by atoms with Gasteiger partial charge in [0, 0.05) is 11.1 Å². The van der Waals surface area contributed by atoms with Gasteiger partial charge in [0.15, 0.2) is 0 Å². The highest BCUT2D eigenvalue weighted by molar-refractivity contribution is 7.91. The number of anilines is 1. The predicted molar refractivity (Wildman–Crippen MR) is 104 cm³/mol. The molecule has 2 N–H and O–H groups in total. The molecule has 1 aromatic heterocycles. The summed E-state index contributed by atoms with van der Waals surface area (Å²) >= 11 is 12.6. The maximum absolute atomic E-state index is 12.6. The average Bonchev–Trinajstić information content (AvgIpc) is 3.31. The zero-order chi connectivity index (χ0) is 19.2. The molecule has 0 aliphatic heterocycles. The lowest BCUT2D eigenvalue weighted by molar-refractivity contribution is 0.102. The molecule has 1 amide bonds. The van der Waals surface area contributed by atoms with Crippen LogP contribution in [-0.2, 0) is 10.0 Å². The van der Waals surface area contributed by atoms with E-state index in [1.54, 1.807) is 0 Å². The molecular formula is C16H16Cl2N4O3S2. The van der Waals surface area contributed by atoms with E-state index in [9.17, 15) is 13.2 Å². The lowest BCUT2D eigenvalue weighted by Gasteiger charge is -2.21. The van der Waals surface area contributed by atoms with Crippen LogP contribution in [-0.4, -0.2) is 30.6 Å². The van der Waals surface area contributed by atoms with E-state index in [1.165, 1.54) is 24.6 Å². The number of nitrogens with zero attached hydrogens (tertiary/aromatic N) is 2. The molecule has 2 bridgehead atoms. The van der Waals surface area contributed by atoms with E-state index in [0.29, 0.717) is 16.9 Å². The summed E-state index contributed by atoms with van der Waals surface area (Å²) in [5, 5.41) is 10.7. The summed E-state index contributed by atoms with van der Waals surface area (Å²) in [4.78, 5) is 12.3. The van der Waals surface area contributed by atoms with Crippen LogP contribution in [0.15, 0.2) is 22.5 Å². The Morgan fingerprint density at radius 3 is 2.67 bits per heavy atom. The Kier molecular flexibility index (Phi) is 5.15. The normalized spacial score (nSPS) is 24.3. The summed E-state index contributed by atoms with van der Waals surface area (Å²) in [6.45, 7) is 0. The van der Waals surface area contributed by atoms with Gasteiger partial charge in [-0.15, -0.1) is 10.2 Å². The van der Waals surface area contributed by atoms with E-state index in [2.05, 4.69) is 20.2 Å². The van der Waals surface area contributed by atoms with Crippen molar-refractivity contribution in [2.24, 2.45) is 11.8 Å². The number of carbonyl (C=O) groups is 1. The highest BCUT2D eigenvalue weighted by atomic mass is 35.5. The van der Waals surface area contributed by atoms with Crippen LogP contribution >= 0.6 is 34.5 Å². The van der Waals surface area contributed by atoms with Crippen molar-refractivity contribution in [1.29, 1.82) is 0 Å². The standard InChI is InChI=1S/C16H16Cl2N4O3S2/c17-10-3-4-11(12(18)7-10)14(23)19-15-20-21-16(26-15)27(24,25)22-13-6-8-1-2-9(13)5-8/h3-4,7-9,13,22H,1-2,5-6H2,(H,19,20,23). The SMILES string of the molecule is O=C(Nc1nnc(S(=O)(=O)NC2CC3CCC2C3)s1)c1ccc(Cl)cc1Cl. The minimum absolute atomic E-state index is 0.0384. The Morgan fingerprint density at radius 2 is 2.00 bits per heavy atom. The second kappa shape index (κ2) is 7.29. The van der Waals surface area contributed by atoms with Gasteiger partial charge in [-0.1, -0.05) is 41.0 Å². The van der Waals surface area contributed by atoms with Crippen LogP contribution in [0.2, 0.25) is 10.0 Å². The first-order chi connectivity index (χ1) is 12.8. The molecule has 1 heterocycles. The first-order valence-corrected chi connectivity index (χ1v) is 11.5. The van der Waals surface area contributed by atoms with Crippen LogP contribution in [0, 0.1) is 11.8 Å². The molecule has 2 fully saturated rings. The molecule has 0 saturated heterocycles. The van der Waals surface area contributed by atoms with E-state index in [4.69, 9.17) is 23.2 Å². The van der Waals surface area contributed by atoms with Crippen LogP contribution in [0.3, 0.4) is 0 Å². The number of amides is 1. The average molecular weight is 447 g/mol. The minimum Gasteiger partial charge on any atom is -0.296 e. The van der Waals surface area contributed by atoms with Crippen molar-refractivity contribution in [2.45, 2.75) is 36.1 Å². The number of hydrogen-bond acceptors (Lipinski definition) is 6. The van der Waals surface area contributed by atoms with Crippen LogP contribution in [0.5, 0.6) is 0 Å². The van der Waals surface area contributed by atoms with Gasteiger partial charge in [0.2, 0.25) is 9.47 Å². The van der Waals surface area contributed by atoms with Gasteiger partial charge in [-0.25, -0.2) is 13.1 Å². The molecule has 4 rings (SSSR count). The maximum Gasteiger partial charge on any atom is 0.270 e. The van der Waals surface area contributed by atoms with E-state index >= 15 is 0 Å². The predicted octanol–water partition coefficient (Wildman–Crippen LogP) is 3.56. The van der Waals surface area contributed by atoms with E-state index in [0.717, 1.165) is 30.6 Å². The number of benzene rings is 1. The van der Waals surface area contributed by atoms with Crippen LogP contribution in [0.25, 0.3) is 0 Å². The van der Waals surface area contributed by atoms with E-state index in [-0.39, 0.29) is 26.1 Å². The number of sulfonamides is 1. The second-order valence-corrected chi connectivity index (χ2v) is 10.6. The zero-order valence-electron chi connectivity index (χ0n) is 14.0. The molecular weight excluding hydrogens is 431 g/mol. The quantitative estimate of drug-likeness (QED) is 0.683. The third-order valence-electron chi connectivity index (χ3n) is 5.08. The molecule has 2 saturated carbocycles. The molecule has 0 spiro atoms. The first kappa shape index (κ1) is 19.1. The molecule has 2 aliphatic rings. The molecule has 0 radical (unpaired) electrons. The van der Waals surface area contributed by atoms with Crippen molar-refractivity contribution in [3.05, 3.63) is 33.8 Å². The van der Waals surface area contributed by atoms with Gasteiger partial charge in [0.05, 0.1) is 10.6 Å². The Hall–Kier alpha value is -1.26. The first-order valence-electron chi connectivity index (χ1n) is 8.44. The topological polar surface area (TPSA) is 101 Å². The molecule has 2 aromatic rings. The molecule has 11 heteroatoms. The van der Waals surface area contributed by atoms with Crippen molar-refractivity contribution in [2.75, 3.05) is 5.32 Å². The van der Waals surface area contributed by atoms with Gasteiger partial charge in [-0.3, -0.25) is 10.1 Å². The summed E-state index contributed by atoms with van der Waals surface area (Å²) in [6, 6.07) is 4.43. The van der Waals surface area contributed by atoms with Gasteiger partial charge < -0.3 is 0 Å². The minimum atomic E-state index is -3.76. The van der Waals surface area contributed by atoms with Gasteiger partial charge >= 0.3 is 0 Å². The number of carbonyl (C=O) groups excluding carboxylic acids is 1. The second-order valence-electron chi connectivity index (χ2n) is 6.85. The molecule has 27 heavy (non-hydrogen) atoms. The number of fused-ring (bicyclic) bond motifs is 2. The maximum atomic E-state index is 12.6. The number of rotatable bonds is 5. The van der Waals surface area contributed by atoms with Gasteiger partial charge in [-0.05, 0) is 49.3 Å². The zero-order valence-corrected chi connectivity index (χ0v) is 17.1. The number of aromatic nitrogens is 2. The molecule has 3 atom stereocenters. The molecule has 1 aromatic carbocycles. The third-order valence-corrected chi connectivity index (χ3v) is 8.32. The Bertz CT molecular complexity index is 995. The largest absolute Gasteiger partial charge is 0.296 e. The van der Waals surface area contributed by atoms with Crippen molar-refractivity contribution in [1.82, 2.24) is 14.9 Å². The smallest absolute Gasteiger partial charge is 0.270 e. The molecule has 7 nitrogen and oxygen atoms in total. The lowest BCUT2D eigenvalue weighted by atomic mass is 9.96. The van der Waals surface area contributed by atoms with E-state index in [1.807, 2.05) is 0 Å². The van der Waals surface area contributed by atoms with Crippen molar-refractivity contribution < 1.29 is 13.2 Å². The monoisotopic (exact) mass is 446 g/mol. The van der Waals surface area contributed by atoms with Crippen LogP contribution in [0.4, 0.5) is 5.13 Å². The van der Waals surface area contributed by atoms with Gasteiger partial charge in [0.25, 0.3) is 15.9 Å². The number of nitrogens with one attached hydrogen (secondary N) is 2. The van der Waals surface area contributed by atoms with Crippen LogP contribution in [0.1, 0.15) is 36.0 Å². The van der Waals surface area contributed by atoms with Gasteiger partial charge in [-0.2, -0.15) is 0 Å².